The maximum absolute atomic E-state index is 12.2. The van der Waals surface area contributed by atoms with Gasteiger partial charge in [-0.3, -0.25) is 4.79 Å². The zero-order valence-corrected chi connectivity index (χ0v) is 14.3. The van der Waals surface area contributed by atoms with Gasteiger partial charge in [-0.15, -0.1) is 0 Å². The van der Waals surface area contributed by atoms with Gasteiger partial charge in [0.05, 0.1) is 12.2 Å². The zero-order chi connectivity index (χ0) is 17.2. The monoisotopic (exact) mass is 320 g/mol. The Labute approximate surface area is 135 Å². The van der Waals surface area contributed by atoms with Gasteiger partial charge in [0.2, 0.25) is 5.76 Å². The largest absolute Gasteiger partial charge is 0.466 e. The van der Waals surface area contributed by atoms with Crippen LogP contribution >= 0.6 is 0 Å². The molecule has 0 radical (unpaired) electrons. The van der Waals surface area contributed by atoms with Gasteiger partial charge in [-0.1, -0.05) is 19.0 Å². The maximum Gasteiger partial charge on any atom is 0.290 e. The predicted molar refractivity (Wildman–Crippen MR) is 85.3 cm³/mol. The second kappa shape index (κ2) is 6.58. The van der Waals surface area contributed by atoms with E-state index in [-0.39, 0.29) is 18.2 Å². The summed E-state index contributed by atoms with van der Waals surface area (Å²) in [6.45, 7) is 9.35. The summed E-state index contributed by atoms with van der Waals surface area (Å²) in [6, 6.07) is 3.42. The van der Waals surface area contributed by atoms with Crippen molar-refractivity contribution >= 4 is 5.91 Å². The fraction of sp³-hybridized carbons (Fsp3) is 0.529. The van der Waals surface area contributed by atoms with Gasteiger partial charge in [-0.25, -0.2) is 0 Å². The summed E-state index contributed by atoms with van der Waals surface area (Å²) < 4.78 is 10.5. The number of nitrogens with zero attached hydrogens (tertiary/aromatic N) is 1. The van der Waals surface area contributed by atoms with Gasteiger partial charge in [0, 0.05) is 17.5 Å². The van der Waals surface area contributed by atoms with Crippen LogP contribution in [0.2, 0.25) is 0 Å². The SMILES string of the molecule is CCC(C)c1cc(C(=O)NCC(C)(O)c2cc(C)oc2C)on1. The molecule has 2 unspecified atom stereocenters. The van der Waals surface area contributed by atoms with E-state index in [0.29, 0.717) is 11.3 Å². The van der Waals surface area contributed by atoms with Crippen LogP contribution in [0.3, 0.4) is 0 Å². The highest BCUT2D eigenvalue weighted by atomic mass is 16.5. The van der Waals surface area contributed by atoms with Gasteiger partial charge in [0.15, 0.2) is 0 Å². The number of aliphatic hydroxyl groups is 1. The summed E-state index contributed by atoms with van der Waals surface area (Å²) in [7, 11) is 0. The van der Waals surface area contributed by atoms with Gasteiger partial charge < -0.3 is 19.4 Å². The lowest BCUT2D eigenvalue weighted by atomic mass is 9.96. The third kappa shape index (κ3) is 3.82. The summed E-state index contributed by atoms with van der Waals surface area (Å²) in [5.74, 6) is 1.35. The molecule has 6 nitrogen and oxygen atoms in total. The van der Waals surface area contributed by atoms with E-state index in [4.69, 9.17) is 8.94 Å². The first-order chi connectivity index (χ1) is 10.7. The molecule has 126 valence electrons. The number of nitrogens with one attached hydrogen (secondary N) is 1. The molecule has 0 bridgehead atoms. The Kier molecular flexibility index (Phi) is 4.94. The van der Waals surface area contributed by atoms with Crippen LogP contribution in [0.5, 0.6) is 0 Å². The molecule has 1 amide bonds. The fourth-order valence-corrected chi connectivity index (χ4v) is 2.44. The van der Waals surface area contributed by atoms with Crippen LogP contribution in [-0.4, -0.2) is 22.7 Å². The van der Waals surface area contributed by atoms with Crippen molar-refractivity contribution in [3.63, 3.8) is 0 Å². The average Bonchev–Trinajstić information content (AvgIpc) is 3.11. The Morgan fingerprint density at radius 1 is 1.43 bits per heavy atom. The van der Waals surface area contributed by atoms with Gasteiger partial charge in [-0.2, -0.15) is 0 Å². The van der Waals surface area contributed by atoms with E-state index < -0.39 is 11.5 Å². The molecule has 2 heterocycles. The minimum atomic E-state index is -1.23. The first-order valence-electron chi connectivity index (χ1n) is 7.79. The number of carbonyl (C=O) groups is 1. The van der Waals surface area contributed by atoms with Crippen LogP contribution in [0.4, 0.5) is 0 Å². The second-order valence-electron chi connectivity index (χ2n) is 6.21. The summed E-state index contributed by atoms with van der Waals surface area (Å²) in [5, 5.41) is 17.2. The number of hydrogen-bond acceptors (Lipinski definition) is 5. The summed E-state index contributed by atoms with van der Waals surface area (Å²) >= 11 is 0. The normalized spacial score (nSPS) is 15.2. The molecule has 0 aliphatic rings. The van der Waals surface area contributed by atoms with Crippen LogP contribution in [0.1, 0.15) is 66.4 Å². The molecule has 0 aliphatic carbocycles. The molecular formula is C17H24N2O4. The number of hydrogen-bond donors (Lipinski definition) is 2. The molecule has 23 heavy (non-hydrogen) atoms. The minimum Gasteiger partial charge on any atom is -0.466 e. The van der Waals surface area contributed by atoms with E-state index in [2.05, 4.69) is 10.5 Å². The van der Waals surface area contributed by atoms with Crippen LogP contribution in [-0.2, 0) is 5.60 Å². The number of rotatable bonds is 6. The lowest BCUT2D eigenvalue weighted by Crippen LogP contribution is -2.38. The van der Waals surface area contributed by atoms with Crippen molar-refractivity contribution < 1.29 is 18.8 Å². The van der Waals surface area contributed by atoms with Gasteiger partial charge in [0.25, 0.3) is 5.91 Å². The summed E-state index contributed by atoms with van der Waals surface area (Å²) in [4.78, 5) is 12.2. The molecule has 6 heteroatoms. The molecule has 2 N–H and O–H groups in total. The van der Waals surface area contributed by atoms with Crippen molar-refractivity contribution in [2.75, 3.05) is 6.54 Å². The van der Waals surface area contributed by atoms with Crippen molar-refractivity contribution in [2.24, 2.45) is 0 Å². The molecule has 0 aromatic carbocycles. The van der Waals surface area contributed by atoms with Crippen molar-refractivity contribution in [1.82, 2.24) is 10.5 Å². The Bertz CT molecular complexity index is 685. The smallest absolute Gasteiger partial charge is 0.290 e. The van der Waals surface area contributed by atoms with Crippen LogP contribution in [0, 0.1) is 13.8 Å². The number of aryl methyl sites for hydroxylation is 2. The third-order valence-corrected chi connectivity index (χ3v) is 4.08. The second-order valence-corrected chi connectivity index (χ2v) is 6.21. The molecule has 2 atom stereocenters. The highest BCUT2D eigenvalue weighted by Gasteiger charge is 2.29. The van der Waals surface area contributed by atoms with Gasteiger partial charge in [0.1, 0.15) is 17.1 Å². The number of amides is 1. The van der Waals surface area contributed by atoms with Crippen molar-refractivity contribution in [3.8, 4) is 0 Å². The van der Waals surface area contributed by atoms with Crippen LogP contribution < -0.4 is 5.32 Å². The Hall–Kier alpha value is -2.08. The molecule has 0 saturated heterocycles. The molecule has 0 spiro atoms. The van der Waals surface area contributed by atoms with E-state index in [1.165, 1.54) is 0 Å². The van der Waals surface area contributed by atoms with Crippen molar-refractivity contribution in [2.45, 2.75) is 52.6 Å². The highest BCUT2D eigenvalue weighted by Crippen LogP contribution is 2.26. The van der Waals surface area contributed by atoms with Crippen molar-refractivity contribution in [1.29, 1.82) is 0 Å². The van der Waals surface area contributed by atoms with Gasteiger partial charge >= 0.3 is 0 Å². The first kappa shape index (κ1) is 17.3. The quantitative estimate of drug-likeness (QED) is 0.854. The minimum absolute atomic E-state index is 0.0466. The topological polar surface area (TPSA) is 88.5 Å². The molecule has 0 fully saturated rings. The lowest BCUT2D eigenvalue weighted by Gasteiger charge is -2.22. The number of aromatic nitrogens is 1. The Morgan fingerprint density at radius 3 is 2.70 bits per heavy atom. The van der Waals surface area contributed by atoms with Gasteiger partial charge in [-0.05, 0) is 33.3 Å². The Morgan fingerprint density at radius 2 is 2.13 bits per heavy atom. The van der Waals surface area contributed by atoms with E-state index in [1.54, 1.807) is 26.0 Å². The Balaban J connectivity index is 2.03. The molecule has 0 saturated carbocycles. The third-order valence-electron chi connectivity index (χ3n) is 4.08. The average molecular weight is 320 g/mol. The van der Waals surface area contributed by atoms with E-state index >= 15 is 0 Å². The first-order valence-corrected chi connectivity index (χ1v) is 7.79. The molecule has 2 aromatic heterocycles. The standard InChI is InChI=1S/C17H24N2O4/c1-6-10(2)14-8-15(23-19-14)16(20)18-9-17(5,21)13-7-11(3)22-12(13)4/h7-8,10,21H,6,9H2,1-5H3,(H,18,20). The number of furan rings is 1. The van der Waals surface area contributed by atoms with Crippen LogP contribution in [0.25, 0.3) is 0 Å². The van der Waals surface area contributed by atoms with E-state index in [9.17, 15) is 9.90 Å². The number of carbonyl (C=O) groups excluding carboxylic acids is 1. The van der Waals surface area contributed by atoms with E-state index in [0.717, 1.165) is 17.9 Å². The van der Waals surface area contributed by atoms with Crippen molar-refractivity contribution in [3.05, 3.63) is 40.7 Å². The predicted octanol–water partition coefficient (Wildman–Crippen LogP) is 3.04. The molecule has 2 rings (SSSR count). The molecular weight excluding hydrogens is 296 g/mol. The summed E-state index contributed by atoms with van der Waals surface area (Å²) in [5.41, 5.74) is 0.190. The highest BCUT2D eigenvalue weighted by molar-refractivity contribution is 5.91. The zero-order valence-electron chi connectivity index (χ0n) is 14.3. The van der Waals surface area contributed by atoms with Crippen LogP contribution in [0.15, 0.2) is 21.1 Å². The molecule has 0 aliphatic heterocycles. The summed E-state index contributed by atoms with van der Waals surface area (Å²) in [6.07, 6.45) is 0.918. The maximum atomic E-state index is 12.2. The van der Waals surface area contributed by atoms with E-state index in [1.807, 2.05) is 20.8 Å². The lowest BCUT2D eigenvalue weighted by molar-refractivity contribution is 0.0504. The molecule has 2 aromatic rings. The fourth-order valence-electron chi connectivity index (χ4n) is 2.44.